The smallest absolute Gasteiger partial charge is 0.263 e. The number of carbonyl (C=O) groups excluding carboxylic acids is 1. The van der Waals surface area contributed by atoms with Crippen molar-refractivity contribution < 1.29 is 14.3 Å². The van der Waals surface area contributed by atoms with Gasteiger partial charge in [-0.3, -0.25) is 4.79 Å². The highest BCUT2D eigenvalue weighted by Crippen LogP contribution is 2.32. The van der Waals surface area contributed by atoms with Gasteiger partial charge >= 0.3 is 0 Å². The van der Waals surface area contributed by atoms with Crippen LogP contribution in [0, 0.1) is 11.3 Å². The molecule has 188 valence electrons. The molecule has 1 N–H and O–H groups in total. The van der Waals surface area contributed by atoms with Crippen LogP contribution in [0.3, 0.4) is 0 Å². The van der Waals surface area contributed by atoms with Crippen LogP contribution in [0.2, 0.25) is 10.0 Å². The highest BCUT2D eigenvalue weighted by Gasteiger charge is 2.31. The molecule has 9 heteroatoms. The van der Waals surface area contributed by atoms with Crippen LogP contribution in [0.1, 0.15) is 25.1 Å². The minimum Gasteiger partial charge on any atom is -0.497 e. The number of ether oxygens (including phenoxy) is 2. The molecule has 0 fully saturated rings. The Morgan fingerprint density at radius 1 is 1.05 bits per heavy atom. The van der Waals surface area contributed by atoms with E-state index in [1.807, 2.05) is 30.3 Å². The maximum absolute atomic E-state index is 13.1. The Labute approximate surface area is 225 Å². The van der Waals surface area contributed by atoms with E-state index in [9.17, 15) is 10.1 Å². The van der Waals surface area contributed by atoms with Crippen LogP contribution < -0.4 is 14.8 Å². The van der Waals surface area contributed by atoms with Gasteiger partial charge in [0.15, 0.2) is 5.60 Å². The van der Waals surface area contributed by atoms with E-state index in [4.69, 9.17) is 32.7 Å². The van der Waals surface area contributed by atoms with Gasteiger partial charge < -0.3 is 14.8 Å². The fourth-order valence-corrected chi connectivity index (χ4v) is 4.16. The van der Waals surface area contributed by atoms with E-state index < -0.39 is 5.60 Å². The van der Waals surface area contributed by atoms with Crippen molar-refractivity contribution in [3.63, 3.8) is 0 Å². The molecule has 0 saturated heterocycles. The molecular formula is C28H24Cl2N4O3. The van der Waals surface area contributed by atoms with Crippen molar-refractivity contribution in [2.75, 3.05) is 7.11 Å². The molecule has 3 aromatic carbocycles. The molecule has 0 aliphatic heterocycles. The fraction of sp³-hybridized carbons (Fsp3) is 0.179. The first-order chi connectivity index (χ1) is 17.7. The highest BCUT2D eigenvalue weighted by molar-refractivity contribution is 6.32. The first-order valence-electron chi connectivity index (χ1n) is 11.4. The summed E-state index contributed by atoms with van der Waals surface area (Å²) in [7, 11) is 1.59. The van der Waals surface area contributed by atoms with Crippen molar-refractivity contribution >= 4 is 29.1 Å². The van der Waals surface area contributed by atoms with Crippen molar-refractivity contribution in [1.82, 2.24) is 15.1 Å². The molecule has 0 unspecified atom stereocenters. The number of hydrogen-bond donors (Lipinski definition) is 1. The van der Waals surface area contributed by atoms with Crippen LogP contribution in [0.25, 0.3) is 16.9 Å². The maximum Gasteiger partial charge on any atom is 0.263 e. The number of para-hydroxylation sites is 1. The number of nitrogens with one attached hydrogen (secondary N) is 1. The fourth-order valence-electron chi connectivity index (χ4n) is 3.77. The summed E-state index contributed by atoms with van der Waals surface area (Å²) in [5.74, 6) is 0.769. The van der Waals surface area contributed by atoms with Gasteiger partial charge in [0.1, 0.15) is 28.8 Å². The van der Waals surface area contributed by atoms with Gasteiger partial charge in [-0.05, 0) is 68.4 Å². The molecule has 37 heavy (non-hydrogen) atoms. The minimum absolute atomic E-state index is 0.00463. The zero-order valence-corrected chi connectivity index (χ0v) is 22.0. The lowest BCUT2D eigenvalue weighted by molar-refractivity contribution is -0.134. The van der Waals surface area contributed by atoms with Crippen LogP contribution in [-0.2, 0) is 11.3 Å². The van der Waals surface area contributed by atoms with Crippen molar-refractivity contribution in [1.29, 1.82) is 5.26 Å². The zero-order chi connectivity index (χ0) is 26.6. The van der Waals surface area contributed by atoms with E-state index in [-0.39, 0.29) is 12.5 Å². The quantitative estimate of drug-likeness (QED) is 0.290. The molecule has 0 bridgehead atoms. The van der Waals surface area contributed by atoms with Crippen molar-refractivity contribution in [3.05, 3.63) is 94.1 Å². The second-order valence-corrected chi connectivity index (χ2v) is 9.47. The number of benzene rings is 3. The van der Waals surface area contributed by atoms with Gasteiger partial charge in [-0.25, -0.2) is 4.68 Å². The second-order valence-electron chi connectivity index (χ2n) is 8.63. The van der Waals surface area contributed by atoms with Gasteiger partial charge in [0.05, 0.1) is 30.1 Å². The monoisotopic (exact) mass is 534 g/mol. The van der Waals surface area contributed by atoms with Gasteiger partial charge in [0, 0.05) is 10.6 Å². The number of methoxy groups -OCH3 is 1. The largest absolute Gasteiger partial charge is 0.497 e. The van der Waals surface area contributed by atoms with Gasteiger partial charge in [0.2, 0.25) is 0 Å². The van der Waals surface area contributed by atoms with Crippen LogP contribution in [-0.4, -0.2) is 28.4 Å². The van der Waals surface area contributed by atoms with E-state index >= 15 is 0 Å². The predicted molar refractivity (Wildman–Crippen MR) is 143 cm³/mol. The van der Waals surface area contributed by atoms with Crippen LogP contribution in [0.4, 0.5) is 0 Å². The Kier molecular flexibility index (Phi) is 7.72. The molecule has 1 aromatic heterocycles. The summed E-state index contributed by atoms with van der Waals surface area (Å²) < 4.78 is 12.8. The number of carbonyl (C=O) groups is 1. The van der Waals surface area contributed by atoms with E-state index in [1.165, 1.54) is 0 Å². The van der Waals surface area contributed by atoms with Gasteiger partial charge in [-0.2, -0.15) is 10.4 Å². The normalized spacial score (nSPS) is 11.0. The lowest BCUT2D eigenvalue weighted by Gasteiger charge is -2.25. The molecule has 4 rings (SSSR count). The third-order valence-corrected chi connectivity index (χ3v) is 6.20. The molecule has 0 radical (unpaired) electrons. The molecule has 0 spiro atoms. The van der Waals surface area contributed by atoms with Crippen LogP contribution in [0.15, 0.2) is 72.8 Å². The lowest BCUT2D eigenvalue weighted by Crippen LogP contribution is -2.46. The lowest BCUT2D eigenvalue weighted by atomic mass is 10.1. The summed E-state index contributed by atoms with van der Waals surface area (Å²) in [5, 5.41) is 18.6. The second kappa shape index (κ2) is 11.0. The third kappa shape index (κ3) is 5.72. The topological polar surface area (TPSA) is 89.2 Å². The van der Waals surface area contributed by atoms with Gasteiger partial charge in [0.25, 0.3) is 5.91 Å². The Bertz CT molecular complexity index is 1470. The Morgan fingerprint density at radius 2 is 1.78 bits per heavy atom. The van der Waals surface area contributed by atoms with Gasteiger partial charge in [-0.1, -0.05) is 41.4 Å². The van der Waals surface area contributed by atoms with E-state index in [1.54, 1.807) is 68.1 Å². The van der Waals surface area contributed by atoms with Crippen LogP contribution >= 0.6 is 23.2 Å². The Hall–Kier alpha value is -3.99. The first kappa shape index (κ1) is 26.1. The number of nitrogens with zero attached hydrogens (tertiary/aromatic N) is 3. The molecule has 7 nitrogen and oxygen atoms in total. The standard InChI is InChI=1S/C28H24Cl2N4O3/c1-28(2,37-21-8-6-7-19(29)15-21)27(35)32-17-24-22(16-31)26(18-11-13-20(36-3)14-12-18)34(33-24)25-10-5-4-9-23(25)30/h4-15H,17H2,1-3H3,(H,32,35). The summed E-state index contributed by atoms with van der Waals surface area (Å²) in [6, 6.07) is 23.6. The minimum atomic E-state index is -1.21. The van der Waals surface area contributed by atoms with Crippen LogP contribution in [0.5, 0.6) is 11.5 Å². The van der Waals surface area contributed by atoms with E-state index in [2.05, 4.69) is 16.5 Å². The summed E-state index contributed by atoms with van der Waals surface area (Å²) >= 11 is 12.5. The number of rotatable bonds is 8. The predicted octanol–water partition coefficient (Wildman–Crippen LogP) is 6.20. The summed E-state index contributed by atoms with van der Waals surface area (Å²) in [5.41, 5.74) is 1.40. The molecule has 0 atom stereocenters. The Morgan fingerprint density at radius 3 is 2.43 bits per heavy atom. The maximum atomic E-state index is 13.1. The van der Waals surface area contributed by atoms with Crippen molar-refractivity contribution in [2.45, 2.75) is 26.0 Å². The first-order valence-corrected chi connectivity index (χ1v) is 12.1. The highest BCUT2D eigenvalue weighted by atomic mass is 35.5. The third-order valence-electron chi connectivity index (χ3n) is 5.65. The molecule has 0 aliphatic carbocycles. The number of nitriles is 1. The summed E-state index contributed by atoms with van der Waals surface area (Å²) in [4.78, 5) is 13.1. The number of hydrogen-bond acceptors (Lipinski definition) is 5. The SMILES string of the molecule is COc1ccc(-c2c(C#N)c(CNC(=O)C(C)(C)Oc3cccc(Cl)c3)nn2-c2ccccc2Cl)cc1. The molecular weight excluding hydrogens is 511 g/mol. The molecule has 1 amide bonds. The number of aromatic nitrogens is 2. The average molecular weight is 535 g/mol. The van der Waals surface area contributed by atoms with Crippen molar-refractivity contribution in [2.24, 2.45) is 0 Å². The van der Waals surface area contributed by atoms with E-state index in [0.29, 0.717) is 44.2 Å². The van der Waals surface area contributed by atoms with Gasteiger partial charge in [-0.15, -0.1) is 0 Å². The van der Waals surface area contributed by atoms with E-state index in [0.717, 1.165) is 5.56 Å². The number of amides is 1. The molecule has 0 aliphatic rings. The summed E-state index contributed by atoms with van der Waals surface area (Å²) in [6.45, 7) is 3.31. The Balaban J connectivity index is 1.68. The molecule has 1 heterocycles. The zero-order valence-electron chi connectivity index (χ0n) is 20.5. The molecule has 4 aromatic rings. The number of halogens is 2. The molecule has 0 saturated carbocycles. The summed E-state index contributed by atoms with van der Waals surface area (Å²) in [6.07, 6.45) is 0. The average Bonchev–Trinajstić information content (AvgIpc) is 3.25. The van der Waals surface area contributed by atoms with Crippen molar-refractivity contribution in [3.8, 4) is 34.5 Å².